The van der Waals surface area contributed by atoms with E-state index in [2.05, 4.69) is 126 Å². The van der Waals surface area contributed by atoms with Crippen molar-refractivity contribution < 1.29 is 87.3 Å². The van der Waals surface area contributed by atoms with Crippen molar-refractivity contribution in [2.75, 3.05) is 28.4 Å². The van der Waals surface area contributed by atoms with Crippen LogP contribution in [-0.2, 0) is 83.9 Å². The Kier molecular flexibility index (Phi) is 37.7. The molecule has 6 aromatic rings. The maximum absolute atomic E-state index is 11.4. The van der Waals surface area contributed by atoms with Crippen molar-refractivity contribution in [2.45, 2.75) is 314 Å². The number of rotatable bonds is 7. The Balaban J connectivity index is 0.00000139. The SMILES string of the molecule is CC(C)(C)c1cc(C(C)(C)C)c([N+](=O)[O-])cc1O.CC(C)(C)c1cc([N+](=O)[O-])c(O)c(C(C)(C)C)c1.CC(C)(C)c1ccc(O)c(C(C)(C)C)c1.COC(=O)Cl.COC(=O)Oc1c([N+](=O)[O-])cc(C(C)(C)C)cc1C(C)(C)C.COC(=O)Oc1cc([N+](=O)[O-])c(C(C)(C)C)cc1C(C)(C)C.COC(=O)Oc1ccc(C(C)(C)C)cc1C(C)(C)C. The minimum Gasteiger partial charge on any atom is -0.508 e. The van der Waals surface area contributed by atoms with Crippen molar-refractivity contribution in [3.63, 3.8) is 0 Å². The number of halogens is 1. The molecule has 0 bridgehead atoms. The van der Waals surface area contributed by atoms with Gasteiger partial charge in [0.05, 0.1) is 60.3 Å². The molecule has 0 atom stereocenters. The number of ether oxygens (including phenoxy) is 7. The summed E-state index contributed by atoms with van der Waals surface area (Å²) in [7, 11) is 4.88. The van der Waals surface area contributed by atoms with Crippen LogP contribution in [0.1, 0.15) is 316 Å². The molecule has 0 aromatic heterocycles. The maximum atomic E-state index is 11.4. The molecule has 0 radical (unpaired) electrons. The molecule has 26 nitrogen and oxygen atoms in total. The first-order valence-corrected chi connectivity index (χ1v) is 39.2. The number of phenolic OH excluding ortho intramolecular Hbond substituents is 3. The highest BCUT2D eigenvalue weighted by Crippen LogP contribution is 2.47. The molecule has 0 aliphatic carbocycles. The van der Waals surface area contributed by atoms with Gasteiger partial charge in [-0.05, 0) is 117 Å². The minimum atomic E-state index is -0.975. The first-order chi connectivity index (χ1) is 53.1. The lowest BCUT2D eigenvalue weighted by Crippen LogP contribution is -2.20. The molecule has 664 valence electrons. The topological polar surface area (TPSA) is 366 Å². The Morgan fingerprint density at radius 1 is 0.277 bits per heavy atom. The molecule has 6 rings (SSSR count). The van der Waals surface area contributed by atoms with E-state index in [4.69, 9.17) is 14.2 Å². The van der Waals surface area contributed by atoms with Gasteiger partial charge in [0.2, 0.25) is 5.75 Å². The van der Waals surface area contributed by atoms with E-state index in [1.54, 1.807) is 18.2 Å². The first-order valence-electron chi connectivity index (χ1n) is 38.8. The lowest BCUT2D eigenvalue weighted by Gasteiger charge is -2.26. The average Bonchev–Trinajstić information content (AvgIpc) is 0.795. The molecule has 0 fully saturated rings. The molecule has 0 saturated carbocycles. The van der Waals surface area contributed by atoms with Gasteiger partial charge in [-0.2, -0.15) is 0 Å². The fourth-order valence-corrected chi connectivity index (χ4v) is 11.2. The lowest BCUT2D eigenvalue weighted by molar-refractivity contribution is -0.386. The molecule has 0 unspecified atom stereocenters. The van der Waals surface area contributed by atoms with E-state index in [9.17, 15) is 75.0 Å². The Labute approximate surface area is 711 Å². The van der Waals surface area contributed by atoms with Gasteiger partial charge in [0.15, 0.2) is 5.75 Å². The third-order valence-electron chi connectivity index (χ3n) is 18.3. The fraction of sp³-hybridized carbons (Fsp3) is 0.565. The van der Waals surface area contributed by atoms with Crippen LogP contribution in [0, 0.1) is 40.5 Å². The standard InChI is InChI=1S/2C16H23NO5.C16H24O3.2C14H21NO3.C14H22O.C2H3ClO2/c1-15(2,3)10-8-11(16(4,5)6)13(22-14(18)21-7)9-12(10)17(19)20;1-15(2,3)10-8-11(16(4,5)6)13(22-14(18)21-7)12(9-10)17(19)20;1-15(2,3)11-8-9-13(19-14(17)18-7)12(10-11)16(4,5)6;1-13(2,3)9-7-10(14(4,5)6)12(16)8-11(9)15(17)18;1-13(2,3)9-7-10(14(4,5)6)12(16)11(8-9)15(17)18;1-13(2,3)10-7-8-12(15)11(9-10)14(4,5)6;1-5-2(3)4/h2*8-9H,1-7H3;8-10H,1-7H3;2*7-8,16H,1-6H3;7-9,15H,1-6H3;1H3. The highest BCUT2D eigenvalue weighted by atomic mass is 35.5. The van der Waals surface area contributed by atoms with Crippen LogP contribution >= 0.6 is 11.6 Å². The lowest BCUT2D eigenvalue weighted by atomic mass is 9.79. The van der Waals surface area contributed by atoms with Gasteiger partial charge in [0.25, 0.3) is 11.4 Å². The summed E-state index contributed by atoms with van der Waals surface area (Å²) in [6, 6.07) is 24.6. The van der Waals surface area contributed by atoms with E-state index in [1.807, 2.05) is 197 Å². The molecule has 0 amide bonds. The number of hydrogen-bond donors (Lipinski definition) is 3. The molecule has 0 heterocycles. The molecule has 27 heteroatoms. The summed E-state index contributed by atoms with van der Waals surface area (Å²) in [5, 5.41) is 74.7. The third-order valence-corrected chi connectivity index (χ3v) is 18.4. The number of nitro groups is 4. The van der Waals surface area contributed by atoms with Crippen LogP contribution in [0.3, 0.4) is 0 Å². The van der Waals surface area contributed by atoms with Crippen molar-refractivity contribution in [3.05, 3.63) is 192 Å². The van der Waals surface area contributed by atoms with Crippen LogP contribution in [0.4, 0.5) is 41.9 Å². The van der Waals surface area contributed by atoms with Gasteiger partial charge >= 0.3 is 35.3 Å². The number of methoxy groups -OCH3 is 4. The van der Waals surface area contributed by atoms with Gasteiger partial charge in [-0.15, -0.1) is 0 Å². The quantitative estimate of drug-likeness (QED) is 0.0334. The van der Waals surface area contributed by atoms with E-state index in [-0.39, 0.29) is 99.9 Å². The maximum Gasteiger partial charge on any atom is 0.513 e. The molecular weight excluding hydrogens is 1550 g/mol. The van der Waals surface area contributed by atoms with Crippen LogP contribution in [0.5, 0.6) is 34.5 Å². The number of aromatic hydroxyl groups is 3. The zero-order chi connectivity index (χ0) is 94.2. The Morgan fingerprint density at radius 3 is 0.866 bits per heavy atom. The number of nitrogens with zero attached hydrogens (tertiary/aromatic N) is 4. The molecule has 0 saturated heterocycles. The Bertz CT molecular complexity index is 4550. The highest BCUT2D eigenvalue weighted by Gasteiger charge is 2.37. The number of carbonyl (C=O) groups is 4. The van der Waals surface area contributed by atoms with E-state index < -0.39 is 54.4 Å². The summed E-state index contributed by atoms with van der Waals surface area (Å²) in [5.74, 6) is 0.821. The summed E-state index contributed by atoms with van der Waals surface area (Å²) in [5.41, 5.74) is 6.26. The van der Waals surface area contributed by atoms with E-state index >= 15 is 0 Å². The molecule has 0 aliphatic heterocycles. The summed E-state index contributed by atoms with van der Waals surface area (Å²) in [6.07, 6.45) is -2.56. The first kappa shape index (κ1) is 109. The van der Waals surface area contributed by atoms with E-state index in [1.165, 1.54) is 56.7 Å². The summed E-state index contributed by atoms with van der Waals surface area (Å²) >= 11 is 4.60. The van der Waals surface area contributed by atoms with Crippen molar-refractivity contribution in [2.24, 2.45) is 0 Å². The average molecular weight is 1690 g/mol. The Morgan fingerprint density at radius 2 is 0.546 bits per heavy atom. The van der Waals surface area contributed by atoms with Crippen LogP contribution in [-0.4, -0.2) is 87.3 Å². The zero-order valence-corrected chi connectivity index (χ0v) is 79.1. The van der Waals surface area contributed by atoms with Gasteiger partial charge in [0.1, 0.15) is 23.0 Å². The summed E-state index contributed by atoms with van der Waals surface area (Å²) < 4.78 is 32.8. The van der Waals surface area contributed by atoms with Crippen molar-refractivity contribution in [1.82, 2.24) is 0 Å². The second kappa shape index (κ2) is 41.2. The van der Waals surface area contributed by atoms with Crippen LogP contribution in [0.2, 0.25) is 0 Å². The van der Waals surface area contributed by atoms with E-state index in [0.717, 1.165) is 34.9 Å². The molecule has 3 N–H and O–H groups in total. The van der Waals surface area contributed by atoms with Crippen molar-refractivity contribution >= 4 is 58.2 Å². The predicted octanol–water partition coefficient (Wildman–Crippen LogP) is 25.9. The minimum absolute atomic E-state index is 0.00859. The molecule has 0 spiro atoms. The molecule has 6 aromatic carbocycles. The van der Waals surface area contributed by atoms with Crippen molar-refractivity contribution in [1.29, 1.82) is 0 Å². The predicted molar refractivity (Wildman–Crippen MR) is 472 cm³/mol. The second-order valence-corrected chi connectivity index (χ2v) is 41.4. The molecule has 119 heavy (non-hydrogen) atoms. The summed E-state index contributed by atoms with van der Waals surface area (Å²) in [4.78, 5) is 86.4. The number of nitro benzene ring substituents is 4. The fourth-order valence-electron chi connectivity index (χ4n) is 11.2. The molecule has 0 aliphatic rings. The second-order valence-electron chi connectivity index (χ2n) is 41.1. The van der Waals surface area contributed by atoms with Crippen LogP contribution < -0.4 is 14.2 Å². The zero-order valence-electron chi connectivity index (χ0n) is 78.3. The van der Waals surface area contributed by atoms with Gasteiger partial charge in [-0.1, -0.05) is 286 Å². The number of carbonyl (C=O) groups excluding carboxylic acids is 4. The largest absolute Gasteiger partial charge is 0.513 e. The number of phenols is 3. The number of benzene rings is 6. The van der Waals surface area contributed by atoms with Crippen LogP contribution in [0.15, 0.2) is 84.9 Å². The Hall–Kier alpha value is -10.1. The third kappa shape index (κ3) is 34.3. The van der Waals surface area contributed by atoms with Gasteiger partial charge in [0, 0.05) is 62.7 Å². The van der Waals surface area contributed by atoms with Gasteiger partial charge in [-0.25, -0.2) is 19.2 Å². The van der Waals surface area contributed by atoms with E-state index in [0.29, 0.717) is 39.3 Å². The molecular formula is C92H137ClN4O22. The van der Waals surface area contributed by atoms with Gasteiger partial charge < -0.3 is 48.5 Å². The smallest absolute Gasteiger partial charge is 0.508 e. The number of hydrogen-bond acceptors (Lipinski definition) is 22. The normalized spacial score (nSPS) is 12.1. The monoisotopic (exact) mass is 1680 g/mol. The van der Waals surface area contributed by atoms with Crippen LogP contribution in [0.25, 0.3) is 0 Å². The summed E-state index contributed by atoms with van der Waals surface area (Å²) in [6.45, 7) is 72.4. The highest BCUT2D eigenvalue weighted by molar-refractivity contribution is 6.61. The van der Waals surface area contributed by atoms with Gasteiger partial charge in [-0.3, -0.25) is 40.5 Å². The van der Waals surface area contributed by atoms with Crippen molar-refractivity contribution in [3.8, 4) is 34.5 Å².